The second-order valence-corrected chi connectivity index (χ2v) is 6.13. The lowest BCUT2D eigenvalue weighted by Gasteiger charge is -2.10. The molecule has 1 aromatic carbocycles. The molecule has 2 heterocycles. The Labute approximate surface area is 137 Å². The van der Waals surface area contributed by atoms with E-state index in [1.165, 1.54) is 16.8 Å². The number of aryl methyl sites for hydroxylation is 2. The van der Waals surface area contributed by atoms with Crippen LogP contribution in [0.4, 0.5) is 5.82 Å². The van der Waals surface area contributed by atoms with Gasteiger partial charge in [-0.25, -0.2) is 14.3 Å². The average molecular weight is 327 g/mol. The zero-order valence-electron chi connectivity index (χ0n) is 13.9. The summed E-state index contributed by atoms with van der Waals surface area (Å²) in [5.41, 5.74) is 1.98. The van der Waals surface area contributed by atoms with E-state index in [9.17, 15) is 14.9 Å². The van der Waals surface area contributed by atoms with E-state index < -0.39 is 10.5 Å². The number of hydrogen-bond acceptors (Lipinski definition) is 5. The van der Waals surface area contributed by atoms with Crippen LogP contribution in [0.25, 0.3) is 22.4 Å². The van der Waals surface area contributed by atoms with E-state index in [2.05, 4.69) is 4.98 Å². The minimum atomic E-state index is -0.531. The number of nitro groups is 1. The Kier molecular flexibility index (Phi) is 3.71. The van der Waals surface area contributed by atoms with Gasteiger partial charge in [-0.15, -0.1) is 0 Å². The first kappa shape index (κ1) is 15.9. The first-order valence-corrected chi connectivity index (χ1v) is 7.55. The van der Waals surface area contributed by atoms with E-state index in [1.54, 1.807) is 13.1 Å². The largest absolute Gasteiger partial charge is 0.403 e. The smallest absolute Gasteiger partial charge is 0.347 e. The molecule has 24 heavy (non-hydrogen) atoms. The molecule has 0 atom stereocenters. The number of benzene rings is 1. The molecule has 0 aliphatic carbocycles. The fraction of sp³-hybridized carbons (Fsp3) is 0.294. The first-order valence-electron chi connectivity index (χ1n) is 7.55. The third kappa shape index (κ3) is 2.47. The summed E-state index contributed by atoms with van der Waals surface area (Å²) < 4.78 is 6.69. The Hall–Kier alpha value is -2.96. The summed E-state index contributed by atoms with van der Waals surface area (Å²) in [5, 5.41) is 11.7. The van der Waals surface area contributed by atoms with Crippen molar-refractivity contribution in [1.82, 2.24) is 9.55 Å². The fourth-order valence-electron chi connectivity index (χ4n) is 2.86. The van der Waals surface area contributed by atoms with Crippen molar-refractivity contribution in [1.29, 1.82) is 0 Å². The van der Waals surface area contributed by atoms with Gasteiger partial charge in [0, 0.05) is 0 Å². The lowest BCUT2D eigenvalue weighted by molar-refractivity contribution is -0.391. The van der Waals surface area contributed by atoms with E-state index in [4.69, 9.17) is 4.42 Å². The Morgan fingerprint density at radius 3 is 2.67 bits per heavy atom. The molecule has 2 aromatic heterocycles. The van der Waals surface area contributed by atoms with Crippen molar-refractivity contribution < 1.29 is 9.34 Å². The second kappa shape index (κ2) is 5.59. The predicted molar refractivity (Wildman–Crippen MR) is 90.2 cm³/mol. The van der Waals surface area contributed by atoms with Crippen molar-refractivity contribution >= 4 is 16.7 Å². The molecular formula is C17H17N3O4. The maximum absolute atomic E-state index is 12.5. The molecule has 0 unspecified atom stereocenters. The Bertz CT molecular complexity index is 1010. The molecule has 0 radical (unpaired) electrons. The summed E-state index contributed by atoms with van der Waals surface area (Å²) in [4.78, 5) is 27.6. The third-order valence-electron chi connectivity index (χ3n) is 3.97. The molecule has 0 aliphatic rings. The van der Waals surface area contributed by atoms with Gasteiger partial charge in [0.15, 0.2) is 0 Å². The van der Waals surface area contributed by atoms with Gasteiger partial charge in [0.25, 0.3) is 0 Å². The van der Waals surface area contributed by atoms with Gasteiger partial charge >= 0.3 is 11.4 Å². The highest BCUT2D eigenvalue weighted by Crippen LogP contribution is 2.31. The summed E-state index contributed by atoms with van der Waals surface area (Å²) in [6, 6.07) is 5.25. The SMILES string of the molecule is Cc1cc(C(C)C)c2c(=O)oc(-c3ccn(C)c3[N+](=O)[O-])nc2c1. The number of aromatic nitrogens is 2. The molecule has 0 fully saturated rings. The van der Waals surface area contributed by atoms with Gasteiger partial charge in [-0.1, -0.05) is 19.9 Å². The van der Waals surface area contributed by atoms with Crippen LogP contribution < -0.4 is 5.63 Å². The van der Waals surface area contributed by atoms with E-state index >= 15 is 0 Å². The third-order valence-corrected chi connectivity index (χ3v) is 3.97. The van der Waals surface area contributed by atoms with Crippen LogP contribution in [-0.2, 0) is 7.05 Å². The minimum absolute atomic E-state index is 0.0416. The predicted octanol–water partition coefficient (Wildman–Crippen LogP) is 3.53. The van der Waals surface area contributed by atoms with Crippen molar-refractivity contribution in [2.75, 3.05) is 0 Å². The molecule has 0 N–H and O–H groups in total. The van der Waals surface area contributed by atoms with Crippen LogP contribution in [0.15, 0.2) is 33.6 Å². The van der Waals surface area contributed by atoms with Crippen LogP contribution in [0.5, 0.6) is 0 Å². The zero-order valence-corrected chi connectivity index (χ0v) is 13.9. The van der Waals surface area contributed by atoms with Crippen LogP contribution in [0, 0.1) is 17.0 Å². The number of rotatable bonds is 3. The fourth-order valence-corrected chi connectivity index (χ4v) is 2.86. The van der Waals surface area contributed by atoms with Gasteiger partial charge in [0.1, 0.15) is 5.56 Å². The molecule has 3 rings (SSSR count). The standard InChI is InChI=1S/C17H17N3O4/c1-9(2)12-7-10(3)8-13-14(12)17(21)24-15(18-13)11-5-6-19(4)16(11)20(22)23/h5-9H,1-4H3. The van der Waals surface area contributed by atoms with Crippen LogP contribution in [-0.4, -0.2) is 14.5 Å². The van der Waals surface area contributed by atoms with Crippen molar-refractivity contribution in [2.24, 2.45) is 7.05 Å². The molecule has 0 saturated carbocycles. The highest BCUT2D eigenvalue weighted by molar-refractivity contribution is 5.84. The Balaban J connectivity index is 2.34. The Morgan fingerprint density at radius 2 is 2.04 bits per heavy atom. The minimum Gasteiger partial charge on any atom is -0.403 e. The van der Waals surface area contributed by atoms with Crippen LogP contribution in [0.2, 0.25) is 0 Å². The van der Waals surface area contributed by atoms with Crippen LogP contribution in [0.1, 0.15) is 30.9 Å². The quantitative estimate of drug-likeness (QED) is 0.542. The Morgan fingerprint density at radius 1 is 1.33 bits per heavy atom. The molecule has 0 bridgehead atoms. The van der Waals surface area contributed by atoms with Crippen molar-refractivity contribution in [3.8, 4) is 11.5 Å². The van der Waals surface area contributed by atoms with Crippen molar-refractivity contribution in [2.45, 2.75) is 26.7 Å². The molecule has 3 aromatic rings. The molecule has 0 amide bonds. The van der Waals surface area contributed by atoms with E-state index in [0.29, 0.717) is 10.9 Å². The lowest BCUT2D eigenvalue weighted by atomic mass is 9.97. The second-order valence-electron chi connectivity index (χ2n) is 6.13. The monoisotopic (exact) mass is 327 g/mol. The highest BCUT2D eigenvalue weighted by atomic mass is 16.6. The van der Waals surface area contributed by atoms with E-state index in [-0.39, 0.29) is 23.2 Å². The van der Waals surface area contributed by atoms with Gasteiger partial charge in [-0.05, 0) is 41.0 Å². The molecular weight excluding hydrogens is 310 g/mol. The molecule has 124 valence electrons. The molecule has 7 nitrogen and oxygen atoms in total. The van der Waals surface area contributed by atoms with Gasteiger partial charge in [-0.2, -0.15) is 0 Å². The van der Waals surface area contributed by atoms with Gasteiger partial charge in [-0.3, -0.25) is 0 Å². The van der Waals surface area contributed by atoms with Crippen LogP contribution in [0.3, 0.4) is 0 Å². The maximum atomic E-state index is 12.5. The van der Waals surface area contributed by atoms with Crippen molar-refractivity contribution in [3.05, 3.63) is 56.1 Å². The topological polar surface area (TPSA) is 91.2 Å². The summed E-state index contributed by atoms with van der Waals surface area (Å²) in [5.74, 6) is -0.0733. The summed E-state index contributed by atoms with van der Waals surface area (Å²) in [6.07, 6.45) is 1.54. The molecule has 0 saturated heterocycles. The van der Waals surface area contributed by atoms with E-state index in [1.807, 2.05) is 26.8 Å². The van der Waals surface area contributed by atoms with Crippen LogP contribution >= 0.6 is 0 Å². The molecule has 0 spiro atoms. The highest BCUT2D eigenvalue weighted by Gasteiger charge is 2.23. The molecule has 0 aliphatic heterocycles. The average Bonchev–Trinajstić information content (AvgIpc) is 2.87. The first-order chi connectivity index (χ1) is 11.3. The van der Waals surface area contributed by atoms with Gasteiger partial charge in [0.2, 0.25) is 5.89 Å². The maximum Gasteiger partial charge on any atom is 0.347 e. The zero-order chi connectivity index (χ0) is 17.6. The number of nitrogens with zero attached hydrogens (tertiary/aromatic N) is 3. The molecule has 7 heteroatoms. The van der Waals surface area contributed by atoms with Crippen molar-refractivity contribution in [3.63, 3.8) is 0 Å². The lowest BCUT2D eigenvalue weighted by Crippen LogP contribution is -2.08. The number of fused-ring (bicyclic) bond motifs is 1. The normalized spacial score (nSPS) is 11.4. The summed E-state index contributed by atoms with van der Waals surface area (Å²) in [7, 11) is 1.56. The summed E-state index contributed by atoms with van der Waals surface area (Å²) >= 11 is 0. The van der Waals surface area contributed by atoms with Gasteiger partial charge in [0.05, 0.1) is 24.1 Å². The van der Waals surface area contributed by atoms with Gasteiger partial charge < -0.3 is 14.5 Å². The van der Waals surface area contributed by atoms with E-state index in [0.717, 1.165) is 11.1 Å². The number of hydrogen-bond donors (Lipinski definition) is 0. The summed E-state index contributed by atoms with van der Waals surface area (Å²) in [6.45, 7) is 5.90.